The van der Waals surface area contributed by atoms with Crippen molar-refractivity contribution in [3.8, 4) is 0 Å². The van der Waals surface area contributed by atoms with Crippen LogP contribution < -0.4 is 10.6 Å². The van der Waals surface area contributed by atoms with Crippen LogP contribution in [-0.4, -0.2) is 18.9 Å². The zero-order valence-corrected chi connectivity index (χ0v) is 18.4. The van der Waals surface area contributed by atoms with Crippen LogP contribution in [0.1, 0.15) is 43.7 Å². The minimum Gasteiger partial charge on any atom is -0.466 e. The van der Waals surface area contributed by atoms with Crippen LogP contribution in [0.4, 0.5) is 5.69 Å². The van der Waals surface area contributed by atoms with E-state index in [2.05, 4.69) is 13.8 Å². The number of Topliss-reactive ketones (excluding diaryl/α,β-unsaturated/α-hetero) is 1. The van der Waals surface area contributed by atoms with Crippen LogP contribution in [0.2, 0.25) is 0 Å². The van der Waals surface area contributed by atoms with E-state index >= 15 is 0 Å². The number of hydrogen-bond acceptors (Lipinski definition) is 5. The monoisotopic (exact) mass is 416 g/mol. The highest BCUT2D eigenvalue weighted by Crippen LogP contribution is 2.50. The molecule has 5 nitrogen and oxygen atoms in total. The number of nitrogens with zero attached hydrogens (tertiary/aromatic N) is 1. The number of benzene rings is 2. The SMILES string of the molecule is COC(=O)C1=C(N)N(c2ccc(C)cc2)C2=C(C(=O)CC(C)(C)C2)C1c1ccccc1. The van der Waals surface area contributed by atoms with Crippen molar-refractivity contribution < 1.29 is 14.3 Å². The lowest BCUT2D eigenvalue weighted by Crippen LogP contribution is -2.43. The van der Waals surface area contributed by atoms with E-state index in [0.717, 1.165) is 22.5 Å². The molecule has 1 aliphatic carbocycles. The van der Waals surface area contributed by atoms with Crippen molar-refractivity contribution in [2.75, 3.05) is 12.0 Å². The lowest BCUT2D eigenvalue weighted by atomic mass is 9.68. The molecule has 0 radical (unpaired) electrons. The minimum absolute atomic E-state index is 0.0473. The van der Waals surface area contributed by atoms with Crippen LogP contribution in [-0.2, 0) is 14.3 Å². The molecule has 160 valence electrons. The summed E-state index contributed by atoms with van der Waals surface area (Å²) in [6.45, 7) is 6.20. The summed E-state index contributed by atoms with van der Waals surface area (Å²) in [5.74, 6) is -0.707. The maximum atomic E-state index is 13.5. The number of methoxy groups -OCH3 is 1. The second-order valence-electron chi connectivity index (χ2n) is 9.11. The summed E-state index contributed by atoms with van der Waals surface area (Å²) in [6, 6.07) is 17.5. The molecular formula is C26H28N2O3. The van der Waals surface area contributed by atoms with Gasteiger partial charge in [0.2, 0.25) is 0 Å². The smallest absolute Gasteiger partial charge is 0.338 e. The molecule has 2 N–H and O–H groups in total. The molecule has 0 saturated carbocycles. The number of aryl methyl sites for hydroxylation is 1. The average molecular weight is 417 g/mol. The van der Waals surface area contributed by atoms with Crippen LogP contribution in [0.5, 0.6) is 0 Å². The van der Waals surface area contributed by atoms with Crippen molar-refractivity contribution in [2.24, 2.45) is 11.1 Å². The first-order chi connectivity index (χ1) is 14.7. The molecule has 5 heteroatoms. The summed E-state index contributed by atoms with van der Waals surface area (Å²) in [6.07, 6.45) is 1.10. The van der Waals surface area contributed by atoms with E-state index in [1.165, 1.54) is 7.11 Å². The topological polar surface area (TPSA) is 72.6 Å². The summed E-state index contributed by atoms with van der Waals surface area (Å²) in [4.78, 5) is 28.4. The molecule has 0 amide bonds. The van der Waals surface area contributed by atoms with Crippen molar-refractivity contribution in [3.63, 3.8) is 0 Å². The van der Waals surface area contributed by atoms with Crippen molar-refractivity contribution in [1.29, 1.82) is 0 Å². The van der Waals surface area contributed by atoms with Gasteiger partial charge in [0.1, 0.15) is 5.82 Å². The molecule has 0 spiro atoms. The van der Waals surface area contributed by atoms with Gasteiger partial charge in [-0.1, -0.05) is 61.9 Å². The number of ketones is 1. The summed E-state index contributed by atoms with van der Waals surface area (Å²) in [7, 11) is 1.34. The standard InChI is InChI=1S/C26H28N2O3/c1-16-10-12-18(13-11-16)28-19-14-26(2,3)15-20(29)22(19)21(17-8-6-5-7-9-17)23(24(28)27)25(30)31-4/h5-13,21H,14-15,27H2,1-4H3. The first-order valence-electron chi connectivity index (χ1n) is 10.5. The maximum Gasteiger partial charge on any atom is 0.338 e. The van der Waals surface area contributed by atoms with Crippen LogP contribution in [0.3, 0.4) is 0 Å². The van der Waals surface area contributed by atoms with Gasteiger partial charge in [-0.15, -0.1) is 0 Å². The van der Waals surface area contributed by atoms with E-state index in [0.29, 0.717) is 29.8 Å². The van der Waals surface area contributed by atoms with Gasteiger partial charge in [0.15, 0.2) is 5.78 Å². The lowest BCUT2D eigenvalue weighted by Gasteiger charge is -2.44. The molecule has 1 aliphatic heterocycles. The normalized spacial score (nSPS) is 20.6. The lowest BCUT2D eigenvalue weighted by molar-refractivity contribution is -0.136. The summed E-state index contributed by atoms with van der Waals surface area (Å²) in [5.41, 5.74) is 11.1. The molecule has 1 atom stereocenters. The van der Waals surface area contributed by atoms with Gasteiger partial charge in [-0.2, -0.15) is 0 Å². The zero-order valence-electron chi connectivity index (χ0n) is 18.4. The van der Waals surface area contributed by atoms with E-state index in [-0.39, 0.29) is 11.2 Å². The van der Waals surface area contributed by atoms with Gasteiger partial charge in [-0.3, -0.25) is 9.69 Å². The molecule has 2 aromatic carbocycles. The fourth-order valence-corrected chi connectivity index (χ4v) is 4.69. The summed E-state index contributed by atoms with van der Waals surface area (Å²) < 4.78 is 5.13. The Morgan fingerprint density at radius 1 is 1.06 bits per heavy atom. The summed E-state index contributed by atoms with van der Waals surface area (Å²) in [5, 5.41) is 0. The minimum atomic E-state index is -0.547. The first-order valence-corrected chi connectivity index (χ1v) is 10.5. The molecule has 4 rings (SSSR count). The number of esters is 1. The molecule has 1 unspecified atom stereocenters. The van der Waals surface area contributed by atoms with Crippen LogP contribution in [0, 0.1) is 12.3 Å². The van der Waals surface area contributed by atoms with Crippen molar-refractivity contribution in [1.82, 2.24) is 0 Å². The maximum absolute atomic E-state index is 13.5. The van der Waals surface area contributed by atoms with Gasteiger partial charge < -0.3 is 10.5 Å². The number of nitrogens with two attached hydrogens (primary N) is 1. The van der Waals surface area contributed by atoms with E-state index in [1.54, 1.807) is 0 Å². The van der Waals surface area contributed by atoms with E-state index in [1.807, 2.05) is 66.4 Å². The highest BCUT2D eigenvalue weighted by atomic mass is 16.5. The molecule has 0 aromatic heterocycles. The van der Waals surface area contributed by atoms with E-state index in [9.17, 15) is 9.59 Å². The molecule has 0 bridgehead atoms. The summed E-state index contributed by atoms with van der Waals surface area (Å²) >= 11 is 0. The molecular weight excluding hydrogens is 388 g/mol. The van der Waals surface area contributed by atoms with Gasteiger partial charge >= 0.3 is 5.97 Å². The van der Waals surface area contributed by atoms with Crippen molar-refractivity contribution in [3.05, 3.63) is 88.4 Å². The highest BCUT2D eigenvalue weighted by Gasteiger charge is 2.46. The number of carbonyl (C=O) groups is 2. The molecule has 0 fully saturated rings. The van der Waals surface area contributed by atoms with Crippen molar-refractivity contribution >= 4 is 17.4 Å². The second-order valence-corrected chi connectivity index (χ2v) is 9.11. The molecule has 1 heterocycles. The third-order valence-electron chi connectivity index (χ3n) is 6.09. The number of allylic oxidation sites excluding steroid dienone is 2. The largest absolute Gasteiger partial charge is 0.466 e. The Hall–Kier alpha value is -3.34. The third-order valence-corrected chi connectivity index (χ3v) is 6.09. The number of anilines is 1. The van der Waals surface area contributed by atoms with Gasteiger partial charge in [0.25, 0.3) is 0 Å². The van der Waals surface area contributed by atoms with Gasteiger partial charge in [0.05, 0.1) is 18.6 Å². The Balaban J connectivity index is 2.02. The number of ether oxygens (including phenoxy) is 1. The van der Waals surface area contributed by atoms with E-state index in [4.69, 9.17) is 10.5 Å². The van der Waals surface area contributed by atoms with Crippen LogP contribution in [0.15, 0.2) is 77.3 Å². The van der Waals surface area contributed by atoms with Crippen LogP contribution in [0.25, 0.3) is 0 Å². The van der Waals surface area contributed by atoms with E-state index < -0.39 is 11.9 Å². The second kappa shape index (κ2) is 7.73. The number of carbonyl (C=O) groups excluding carboxylic acids is 2. The van der Waals surface area contributed by atoms with Gasteiger partial charge in [0, 0.05) is 23.4 Å². The highest BCUT2D eigenvalue weighted by molar-refractivity contribution is 6.05. The van der Waals surface area contributed by atoms with Crippen LogP contribution >= 0.6 is 0 Å². The fraction of sp³-hybridized carbons (Fsp3) is 0.308. The first kappa shape index (κ1) is 20.9. The molecule has 2 aromatic rings. The quantitative estimate of drug-likeness (QED) is 0.741. The Kier molecular flexibility index (Phi) is 5.21. The molecule has 31 heavy (non-hydrogen) atoms. The molecule has 0 saturated heterocycles. The van der Waals surface area contributed by atoms with Crippen molar-refractivity contribution in [2.45, 2.75) is 39.5 Å². The van der Waals surface area contributed by atoms with Gasteiger partial charge in [-0.25, -0.2) is 4.79 Å². The predicted octanol–water partition coefficient (Wildman–Crippen LogP) is 4.59. The third kappa shape index (κ3) is 3.65. The molecule has 2 aliphatic rings. The Morgan fingerprint density at radius 2 is 1.71 bits per heavy atom. The fourth-order valence-electron chi connectivity index (χ4n) is 4.69. The Labute approximate surface area is 183 Å². The van der Waals surface area contributed by atoms with Gasteiger partial charge in [-0.05, 0) is 36.5 Å². The number of rotatable bonds is 3. The zero-order chi connectivity index (χ0) is 22.3. The predicted molar refractivity (Wildman–Crippen MR) is 121 cm³/mol. The Morgan fingerprint density at radius 3 is 2.32 bits per heavy atom. The Bertz CT molecular complexity index is 1100. The number of hydrogen-bond donors (Lipinski definition) is 1. The average Bonchev–Trinajstić information content (AvgIpc) is 2.73.